The summed E-state index contributed by atoms with van der Waals surface area (Å²) in [6.45, 7) is 1.25. The Labute approximate surface area is 193 Å². The summed E-state index contributed by atoms with van der Waals surface area (Å²) in [5.74, 6) is 0.129. The van der Waals surface area contributed by atoms with Crippen LogP contribution in [0.25, 0.3) is 22.4 Å². The molecule has 1 N–H and O–H groups in total. The van der Waals surface area contributed by atoms with Gasteiger partial charge >= 0.3 is 5.97 Å². The highest BCUT2D eigenvalue weighted by atomic mass is 32.2. The van der Waals surface area contributed by atoms with Crippen LogP contribution in [0.4, 0.5) is 0 Å². The number of carboxylic acid groups (broad SMARTS) is 1. The lowest BCUT2D eigenvalue weighted by molar-refractivity contribution is -0.142. The molecule has 32 heavy (non-hydrogen) atoms. The highest BCUT2D eigenvalue weighted by Gasteiger charge is 2.24. The first-order chi connectivity index (χ1) is 15.6. The molecule has 0 amide bonds. The Kier molecular flexibility index (Phi) is 7.66. The van der Waals surface area contributed by atoms with Crippen LogP contribution in [0.1, 0.15) is 25.7 Å². The first-order valence-corrected chi connectivity index (χ1v) is 12.4. The van der Waals surface area contributed by atoms with E-state index < -0.39 is 5.97 Å². The van der Waals surface area contributed by atoms with Crippen molar-refractivity contribution in [2.45, 2.75) is 37.1 Å². The van der Waals surface area contributed by atoms with Crippen LogP contribution in [0.5, 0.6) is 0 Å². The van der Waals surface area contributed by atoms with Crippen LogP contribution in [-0.4, -0.2) is 40.3 Å². The fourth-order valence-corrected chi connectivity index (χ4v) is 5.02. The van der Waals surface area contributed by atoms with Crippen LogP contribution in [0, 0.1) is 11.8 Å². The third-order valence-corrected chi connectivity index (χ3v) is 6.97. The lowest BCUT2D eigenvalue weighted by Crippen LogP contribution is -2.23. The molecule has 0 atom stereocenters. The molecule has 0 spiro atoms. The highest BCUT2D eigenvalue weighted by molar-refractivity contribution is 7.98. The number of hydrogen-bond acceptors (Lipinski definition) is 4. The van der Waals surface area contributed by atoms with Crippen molar-refractivity contribution in [3.63, 3.8) is 0 Å². The standard InChI is InChI=1S/C26H30N2O3S/c1-32-23-9-5-8-22(14-23)24-15-27-28(26(24)21-6-3-2-4-7-21)16-19-10-12-20(13-11-19)17-31-18-25(29)30/h2-9,14-15,19-20H,10-13,16-18H2,1H3,(H,29,30). The fraction of sp³-hybridized carbons (Fsp3) is 0.385. The van der Waals surface area contributed by atoms with E-state index in [1.165, 1.54) is 27.3 Å². The van der Waals surface area contributed by atoms with Crippen LogP contribution < -0.4 is 0 Å². The molecular formula is C26H30N2O3S. The Morgan fingerprint density at radius 3 is 2.50 bits per heavy atom. The number of nitrogens with zero attached hydrogens (tertiary/aromatic N) is 2. The van der Waals surface area contributed by atoms with Gasteiger partial charge in [-0.25, -0.2) is 4.79 Å². The van der Waals surface area contributed by atoms with Gasteiger partial charge in [-0.05, 0) is 61.5 Å². The van der Waals surface area contributed by atoms with Gasteiger partial charge in [0.25, 0.3) is 0 Å². The van der Waals surface area contributed by atoms with E-state index in [-0.39, 0.29) is 6.61 Å². The Bertz CT molecular complexity index is 1030. The van der Waals surface area contributed by atoms with Crippen LogP contribution in [0.15, 0.2) is 65.7 Å². The average Bonchev–Trinajstić information content (AvgIpc) is 3.24. The molecule has 0 aliphatic heterocycles. The first kappa shape index (κ1) is 22.6. The number of aliphatic carboxylic acids is 1. The summed E-state index contributed by atoms with van der Waals surface area (Å²) >= 11 is 1.75. The quantitative estimate of drug-likeness (QED) is 0.415. The topological polar surface area (TPSA) is 64.4 Å². The molecule has 0 bridgehead atoms. The Morgan fingerprint density at radius 1 is 1.06 bits per heavy atom. The van der Waals surface area contributed by atoms with E-state index in [9.17, 15) is 4.79 Å². The van der Waals surface area contributed by atoms with Crippen molar-refractivity contribution in [3.05, 3.63) is 60.8 Å². The highest BCUT2D eigenvalue weighted by Crippen LogP contribution is 2.36. The van der Waals surface area contributed by atoms with Crippen molar-refractivity contribution in [1.29, 1.82) is 0 Å². The van der Waals surface area contributed by atoms with E-state index in [0.29, 0.717) is 18.4 Å². The number of benzene rings is 2. The zero-order chi connectivity index (χ0) is 22.3. The minimum atomic E-state index is -0.898. The summed E-state index contributed by atoms with van der Waals surface area (Å²) in [4.78, 5) is 11.9. The molecule has 6 heteroatoms. The van der Waals surface area contributed by atoms with Gasteiger partial charge in [-0.3, -0.25) is 4.68 Å². The van der Waals surface area contributed by atoms with Gasteiger partial charge in [0, 0.05) is 22.6 Å². The van der Waals surface area contributed by atoms with Crippen LogP contribution >= 0.6 is 11.8 Å². The van der Waals surface area contributed by atoms with Crippen molar-refractivity contribution in [1.82, 2.24) is 9.78 Å². The maximum Gasteiger partial charge on any atom is 0.329 e. The van der Waals surface area contributed by atoms with Gasteiger partial charge in [-0.2, -0.15) is 5.10 Å². The van der Waals surface area contributed by atoms with Crippen LogP contribution in [0.2, 0.25) is 0 Å². The summed E-state index contributed by atoms with van der Waals surface area (Å²) in [5.41, 5.74) is 4.73. The summed E-state index contributed by atoms with van der Waals surface area (Å²) < 4.78 is 7.50. The van der Waals surface area contributed by atoms with Gasteiger partial charge < -0.3 is 9.84 Å². The van der Waals surface area contributed by atoms with Gasteiger partial charge in [0.1, 0.15) is 6.61 Å². The first-order valence-electron chi connectivity index (χ1n) is 11.2. The number of hydrogen-bond donors (Lipinski definition) is 1. The molecule has 0 radical (unpaired) electrons. The van der Waals surface area contributed by atoms with Crippen molar-refractivity contribution < 1.29 is 14.6 Å². The predicted molar refractivity (Wildman–Crippen MR) is 129 cm³/mol. The third kappa shape index (κ3) is 5.61. The second kappa shape index (κ2) is 10.8. The van der Waals surface area contributed by atoms with E-state index in [1.807, 2.05) is 12.3 Å². The van der Waals surface area contributed by atoms with Gasteiger partial charge in [0.15, 0.2) is 0 Å². The minimum absolute atomic E-state index is 0.200. The molecule has 1 aromatic heterocycles. The van der Waals surface area contributed by atoms with Gasteiger partial charge in [-0.15, -0.1) is 11.8 Å². The Hall–Kier alpha value is -2.57. The molecular weight excluding hydrogens is 420 g/mol. The zero-order valence-corrected chi connectivity index (χ0v) is 19.3. The SMILES string of the molecule is CSc1cccc(-c2cnn(CC3CCC(COCC(=O)O)CC3)c2-c2ccccc2)c1. The molecule has 5 nitrogen and oxygen atoms in total. The monoisotopic (exact) mass is 450 g/mol. The van der Waals surface area contributed by atoms with Crippen LogP contribution in [-0.2, 0) is 16.1 Å². The van der Waals surface area contributed by atoms with Gasteiger partial charge in [0.05, 0.1) is 18.5 Å². The third-order valence-electron chi connectivity index (χ3n) is 6.24. The van der Waals surface area contributed by atoms with Crippen LogP contribution in [0.3, 0.4) is 0 Å². The molecule has 0 unspecified atom stereocenters. The smallest absolute Gasteiger partial charge is 0.329 e. The fourth-order valence-electron chi connectivity index (χ4n) is 4.56. The molecule has 2 aromatic carbocycles. The molecule has 0 saturated heterocycles. The molecule has 168 valence electrons. The largest absolute Gasteiger partial charge is 0.480 e. The van der Waals surface area contributed by atoms with E-state index in [2.05, 4.69) is 59.5 Å². The number of carbonyl (C=O) groups is 1. The maximum atomic E-state index is 10.6. The number of carboxylic acids is 1. The lowest BCUT2D eigenvalue weighted by Gasteiger charge is -2.28. The second-order valence-corrected chi connectivity index (χ2v) is 9.36. The predicted octanol–water partition coefficient (Wildman–Crippen LogP) is 5.85. The van der Waals surface area contributed by atoms with Gasteiger partial charge in [-0.1, -0.05) is 42.5 Å². The van der Waals surface area contributed by atoms with E-state index in [0.717, 1.165) is 32.2 Å². The second-order valence-electron chi connectivity index (χ2n) is 8.48. The minimum Gasteiger partial charge on any atom is -0.480 e. The van der Waals surface area contributed by atoms with Crippen molar-refractivity contribution in [2.75, 3.05) is 19.5 Å². The number of thioether (sulfide) groups is 1. The van der Waals surface area contributed by atoms with Crippen molar-refractivity contribution in [3.8, 4) is 22.4 Å². The zero-order valence-electron chi connectivity index (χ0n) is 18.4. The molecule has 4 rings (SSSR count). The van der Waals surface area contributed by atoms with Crippen molar-refractivity contribution >= 4 is 17.7 Å². The Balaban J connectivity index is 1.51. The number of ether oxygens (including phenoxy) is 1. The molecule has 1 fully saturated rings. The molecule has 1 aliphatic rings. The molecule has 3 aromatic rings. The average molecular weight is 451 g/mol. The molecule has 1 aliphatic carbocycles. The summed E-state index contributed by atoms with van der Waals surface area (Å²) in [6, 6.07) is 19.2. The summed E-state index contributed by atoms with van der Waals surface area (Å²) in [5, 5.41) is 13.6. The van der Waals surface area contributed by atoms with E-state index >= 15 is 0 Å². The maximum absolute atomic E-state index is 10.6. The van der Waals surface area contributed by atoms with E-state index in [4.69, 9.17) is 14.9 Å². The summed E-state index contributed by atoms with van der Waals surface area (Å²) in [6.07, 6.45) is 8.50. The Morgan fingerprint density at radius 2 is 1.78 bits per heavy atom. The normalized spacial score (nSPS) is 18.5. The summed E-state index contributed by atoms with van der Waals surface area (Å²) in [7, 11) is 0. The number of aromatic nitrogens is 2. The van der Waals surface area contributed by atoms with E-state index in [1.54, 1.807) is 11.8 Å². The lowest BCUT2D eigenvalue weighted by atomic mass is 9.82. The van der Waals surface area contributed by atoms with Crippen molar-refractivity contribution in [2.24, 2.45) is 11.8 Å². The molecule has 1 heterocycles. The van der Waals surface area contributed by atoms with Gasteiger partial charge in [0.2, 0.25) is 0 Å². The number of rotatable bonds is 9. The molecule has 1 saturated carbocycles.